The number of carbonyl (C=O) groups is 1. The van der Waals surface area contributed by atoms with E-state index < -0.39 is 0 Å². The number of ether oxygens (including phenoxy) is 1. The van der Waals surface area contributed by atoms with Crippen molar-refractivity contribution in [1.29, 1.82) is 0 Å². The first-order valence-corrected chi connectivity index (χ1v) is 4.88. The third-order valence-electron chi connectivity index (χ3n) is 1.80. The van der Waals surface area contributed by atoms with Crippen LogP contribution >= 0.6 is 0 Å². The van der Waals surface area contributed by atoms with Crippen molar-refractivity contribution >= 4 is 11.6 Å². The second-order valence-electron chi connectivity index (χ2n) is 3.11. The van der Waals surface area contributed by atoms with Crippen LogP contribution in [-0.2, 0) is 9.53 Å². The highest BCUT2D eigenvalue weighted by atomic mass is 16.5. The predicted molar refractivity (Wildman–Crippen MR) is 60.6 cm³/mol. The minimum absolute atomic E-state index is 0.188. The molecule has 0 aliphatic rings. The summed E-state index contributed by atoms with van der Waals surface area (Å²) in [6.45, 7) is 4.43. The molecule has 0 atom stereocenters. The molecule has 0 aliphatic heterocycles. The number of rotatable bonds is 4. The molecule has 0 radical (unpaired) electrons. The van der Waals surface area contributed by atoms with Gasteiger partial charge in [-0.1, -0.05) is 17.7 Å². The van der Waals surface area contributed by atoms with E-state index in [0.717, 1.165) is 11.3 Å². The number of anilines is 1. The molecule has 0 aromatic heterocycles. The van der Waals surface area contributed by atoms with Gasteiger partial charge in [-0.15, -0.1) is 0 Å². The minimum Gasteiger partial charge on any atom is -0.501 e. The van der Waals surface area contributed by atoms with Gasteiger partial charge in [0.25, 0.3) is 5.91 Å². The minimum atomic E-state index is -0.188. The number of amides is 1. The summed E-state index contributed by atoms with van der Waals surface area (Å²) in [6, 6.07) is 7.62. The van der Waals surface area contributed by atoms with Crippen molar-refractivity contribution in [2.24, 2.45) is 0 Å². The average molecular weight is 205 g/mol. The molecule has 80 valence electrons. The monoisotopic (exact) mass is 205 g/mol. The summed E-state index contributed by atoms with van der Waals surface area (Å²) in [4.78, 5) is 11.3. The lowest BCUT2D eigenvalue weighted by molar-refractivity contribution is -0.112. The van der Waals surface area contributed by atoms with Crippen LogP contribution in [0.2, 0.25) is 0 Å². The molecule has 0 bridgehead atoms. The maximum atomic E-state index is 11.3. The summed E-state index contributed by atoms with van der Waals surface area (Å²) < 4.78 is 4.92. The van der Waals surface area contributed by atoms with Crippen LogP contribution in [0, 0.1) is 6.92 Å². The fourth-order valence-electron chi connectivity index (χ4n) is 1.03. The van der Waals surface area contributed by atoms with E-state index in [1.54, 1.807) is 0 Å². The first-order chi connectivity index (χ1) is 7.22. The van der Waals surface area contributed by atoms with Gasteiger partial charge in [0.2, 0.25) is 0 Å². The lowest BCUT2D eigenvalue weighted by atomic mass is 10.2. The Morgan fingerprint density at radius 3 is 2.67 bits per heavy atom. The van der Waals surface area contributed by atoms with Gasteiger partial charge in [-0.2, -0.15) is 0 Å². The average Bonchev–Trinajstić information content (AvgIpc) is 2.22. The molecular weight excluding hydrogens is 190 g/mol. The van der Waals surface area contributed by atoms with Crippen LogP contribution in [0.4, 0.5) is 5.69 Å². The number of benzene rings is 1. The van der Waals surface area contributed by atoms with Crippen molar-refractivity contribution in [1.82, 2.24) is 0 Å². The van der Waals surface area contributed by atoms with Crippen LogP contribution in [0.25, 0.3) is 0 Å². The second-order valence-corrected chi connectivity index (χ2v) is 3.11. The van der Waals surface area contributed by atoms with Gasteiger partial charge in [0.05, 0.1) is 12.9 Å². The smallest absolute Gasteiger partial charge is 0.251 e. The van der Waals surface area contributed by atoms with E-state index in [4.69, 9.17) is 4.74 Å². The molecule has 0 unspecified atom stereocenters. The fourth-order valence-corrected chi connectivity index (χ4v) is 1.03. The van der Waals surface area contributed by atoms with E-state index in [2.05, 4.69) is 5.32 Å². The van der Waals surface area contributed by atoms with E-state index in [0.29, 0.717) is 6.61 Å². The summed E-state index contributed by atoms with van der Waals surface area (Å²) >= 11 is 0. The molecule has 0 heterocycles. The van der Waals surface area contributed by atoms with Gasteiger partial charge in [0, 0.05) is 11.8 Å². The Hall–Kier alpha value is -1.77. The normalized spacial score (nSPS) is 10.3. The SMILES string of the molecule is CCOC=CC(=O)Nc1ccc(C)cc1. The number of nitrogens with one attached hydrogen (secondary N) is 1. The highest BCUT2D eigenvalue weighted by Gasteiger charge is 1.96. The molecule has 3 heteroatoms. The summed E-state index contributed by atoms with van der Waals surface area (Å²) in [5.74, 6) is -0.188. The molecule has 0 fully saturated rings. The molecule has 1 amide bonds. The van der Waals surface area contributed by atoms with Crippen LogP contribution < -0.4 is 5.32 Å². The van der Waals surface area contributed by atoms with Crippen molar-refractivity contribution in [2.75, 3.05) is 11.9 Å². The van der Waals surface area contributed by atoms with Gasteiger partial charge in [0.15, 0.2) is 0 Å². The first-order valence-electron chi connectivity index (χ1n) is 4.88. The Morgan fingerprint density at radius 2 is 2.07 bits per heavy atom. The second kappa shape index (κ2) is 5.86. The highest BCUT2D eigenvalue weighted by Crippen LogP contribution is 2.08. The molecule has 0 spiro atoms. The largest absolute Gasteiger partial charge is 0.501 e. The van der Waals surface area contributed by atoms with Crippen LogP contribution in [0.5, 0.6) is 0 Å². The summed E-state index contributed by atoms with van der Waals surface area (Å²) in [6.07, 6.45) is 2.76. The third kappa shape index (κ3) is 4.31. The molecule has 0 saturated carbocycles. The molecule has 15 heavy (non-hydrogen) atoms. The van der Waals surface area contributed by atoms with Gasteiger partial charge in [-0.3, -0.25) is 4.79 Å². The molecule has 1 rings (SSSR count). The van der Waals surface area contributed by atoms with Crippen molar-refractivity contribution in [3.63, 3.8) is 0 Å². The molecule has 1 aromatic carbocycles. The summed E-state index contributed by atoms with van der Waals surface area (Å²) in [5, 5.41) is 2.72. The van der Waals surface area contributed by atoms with E-state index in [1.807, 2.05) is 38.1 Å². The number of hydrogen-bond donors (Lipinski definition) is 1. The van der Waals surface area contributed by atoms with E-state index in [9.17, 15) is 4.79 Å². The molecule has 0 aliphatic carbocycles. The Labute approximate surface area is 89.8 Å². The van der Waals surface area contributed by atoms with Crippen molar-refractivity contribution in [2.45, 2.75) is 13.8 Å². The number of aryl methyl sites for hydroxylation is 1. The number of carbonyl (C=O) groups excluding carboxylic acids is 1. The topological polar surface area (TPSA) is 38.3 Å². The van der Waals surface area contributed by atoms with Gasteiger partial charge in [0.1, 0.15) is 0 Å². The lowest BCUT2D eigenvalue weighted by Gasteiger charge is -2.01. The quantitative estimate of drug-likeness (QED) is 0.605. The standard InChI is InChI=1S/C12H15NO2/c1-3-15-9-8-12(14)13-11-6-4-10(2)5-7-11/h4-9H,3H2,1-2H3,(H,13,14). The van der Waals surface area contributed by atoms with Gasteiger partial charge in [-0.25, -0.2) is 0 Å². The molecule has 3 nitrogen and oxygen atoms in total. The zero-order chi connectivity index (χ0) is 11.1. The summed E-state index contributed by atoms with van der Waals surface area (Å²) in [7, 11) is 0. The van der Waals surface area contributed by atoms with E-state index in [1.165, 1.54) is 12.3 Å². The Morgan fingerprint density at radius 1 is 1.40 bits per heavy atom. The van der Waals surface area contributed by atoms with E-state index in [-0.39, 0.29) is 5.91 Å². The molecule has 1 aromatic rings. The zero-order valence-electron chi connectivity index (χ0n) is 8.99. The number of hydrogen-bond acceptors (Lipinski definition) is 2. The van der Waals surface area contributed by atoms with E-state index >= 15 is 0 Å². The molecule has 1 N–H and O–H groups in total. The Balaban J connectivity index is 2.48. The summed E-state index contributed by atoms with van der Waals surface area (Å²) in [5.41, 5.74) is 1.95. The van der Waals surface area contributed by atoms with Crippen LogP contribution in [0.15, 0.2) is 36.6 Å². The van der Waals surface area contributed by atoms with Gasteiger partial charge < -0.3 is 10.1 Å². The predicted octanol–water partition coefficient (Wildman–Crippen LogP) is 2.48. The van der Waals surface area contributed by atoms with Crippen LogP contribution in [-0.4, -0.2) is 12.5 Å². The maximum absolute atomic E-state index is 11.3. The van der Waals surface area contributed by atoms with Gasteiger partial charge in [-0.05, 0) is 26.0 Å². The van der Waals surface area contributed by atoms with Crippen molar-refractivity contribution in [3.05, 3.63) is 42.2 Å². The van der Waals surface area contributed by atoms with Gasteiger partial charge >= 0.3 is 0 Å². The van der Waals surface area contributed by atoms with Crippen molar-refractivity contribution in [3.8, 4) is 0 Å². The molecular formula is C12H15NO2. The zero-order valence-corrected chi connectivity index (χ0v) is 8.99. The van der Waals surface area contributed by atoms with Crippen LogP contribution in [0.1, 0.15) is 12.5 Å². The third-order valence-corrected chi connectivity index (χ3v) is 1.80. The first kappa shape index (κ1) is 11.3. The molecule has 0 saturated heterocycles. The van der Waals surface area contributed by atoms with Crippen LogP contribution in [0.3, 0.4) is 0 Å². The maximum Gasteiger partial charge on any atom is 0.251 e. The Kier molecular flexibility index (Phi) is 4.41. The Bertz CT molecular complexity index is 341. The lowest BCUT2D eigenvalue weighted by Crippen LogP contribution is -2.07. The van der Waals surface area contributed by atoms with Crippen molar-refractivity contribution < 1.29 is 9.53 Å². The fraction of sp³-hybridized carbons (Fsp3) is 0.250. The highest BCUT2D eigenvalue weighted by molar-refractivity contribution is 5.99.